The zero-order valence-corrected chi connectivity index (χ0v) is 32.0. The number of nitrogens with one attached hydrogen (secondary N) is 1. The predicted octanol–water partition coefficient (Wildman–Crippen LogP) is 8.33. The first-order chi connectivity index (χ1) is 23.2. The molecule has 50 heavy (non-hydrogen) atoms. The van der Waals surface area contributed by atoms with Gasteiger partial charge in [0.05, 0.1) is 36.6 Å². The minimum absolute atomic E-state index is 0.0275. The molecule has 1 heterocycles. The van der Waals surface area contributed by atoms with Crippen molar-refractivity contribution in [3.8, 4) is 0 Å². The van der Waals surface area contributed by atoms with Gasteiger partial charge in [-0.05, 0) is 128 Å². The molecule has 0 radical (unpaired) electrons. The highest BCUT2D eigenvalue weighted by atomic mass is 16.5. The lowest BCUT2D eigenvalue weighted by Crippen LogP contribution is -2.66. The second kappa shape index (κ2) is 12.4. The average Bonchev–Trinajstić information content (AvgIpc) is 3.64. The normalized spacial score (nSPS) is 37.8. The molecule has 5 aliphatic rings. The number of esters is 1. The summed E-state index contributed by atoms with van der Waals surface area (Å²) in [6.07, 6.45) is 9.07. The number of carboxylic acid groups (broad SMARTS) is 1. The van der Waals surface area contributed by atoms with E-state index in [-0.39, 0.29) is 64.1 Å². The van der Waals surface area contributed by atoms with Gasteiger partial charge in [-0.15, -0.1) is 0 Å². The van der Waals surface area contributed by atoms with E-state index in [9.17, 15) is 24.3 Å². The molecule has 8 heteroatoms. The van der Waals surface area contributed by atoms with Crippen LogP contribution in [0.5, 0.6) is 0 Å². The fourth-order valence-electron chi connectivity index (χ4n) is 12.7. The van der Waals surface area contributed by atoms with Gasteiger partial charge in [-0.3, -0.25) is 19.2 Å². The van der Waals surface area contributed by atoms with Crippen molar-refractivity contribution in [2.45, 2.75) is 139 Å². The van der Waals surface area contributed by atoms with Crippen LogP contribution in [0.25, 0.3) is 0 Å². The highest BCUT2D eigenvalue weighted by Gasteiger charge is 2.71. The van der Waals surface area contributed by atoms with E-state index >= 15 is 0 Å². The molecule has 0 aromatic carbocycles. The van der Waals surface area contributed by atoms with E-state index in [2.05, 4.69) is 53.8 Å². The Morgan fingerprint density at radius 2 is 1.70 bits per heavy atom. The average molecular weight is 692 g/mol. The molecule has 1 unspecified atom stereocenters. The van der Waals surface area contributed by atoms with Gasteiger partial charge in [0.15, 0.2) is 11.6 Å². The predicted molar refractivity (Wildman–Crippen MR) is 191 cm³/mol. The van der Waals surface area contributed by atoms with Crippen molar-refractivity contribution >= 4 is 23.5 Å². The summed E-state index contributed by atoms with van der Waals surface area (Å²) in [5.41, 5.74) is -0.00419. The van der Waals surface area contributed by atoms with Crippen LogP contribution in [-0.4, -0.2) is 41.3 Å². The van der Waals surface area contributed by atoms with Gasteiger partial charge in [-0.1, -0.05) is 48.5 Å². The Morgan fingerprint density at radius 1 is 0.980 bits per heavy atom. The van der Waals surface area contributed by atoms with E-state index < -0.39 is 22.8 Å². The summed E-state index contributed by atoms with van der Waals surface area (Å²) in [7, 11) is 0. The fourth-order valence-corrected chi connectivity index (χ4v) is 12.7. The topological polar surface area (TPSA) is 123 Å². The number of hydrogen-bond donors (Lipinski definition) is 2. The van der Waals surface area contributed by atoms with Crippen LogP contribution >= 0.6 is 0 Å². The van der Waals surface area contributed by atoms with Gasteiger partial charge < -0.3 is 19.6 Å². The summed E-state index contributed by atoms with van der Waals surface area (Å²) in [5, 5.41) is 12.9. The maximum atomic E-state index is 14.4. The number of allylic oxidation sites excluding steroid dienone is 2. The molecule has 0 bridgehead atoms. The molecule has 0 amide bonds. The molecule has 6 rings (SSSR count). The maximum absolute atomic E-state index is 14.4. The molecule has 276 valence electrons. The Bertz CT molecular complexity index is 1570. The molecule has 4 fully saturated rings. The van der Waals surface area contributed by atoms with Crippen molar-refractivity contribution in [1.29, 1.82) is 0 Å². The van der Waals surface area contributed by atoms with Crippen molar-refractivity contribution in [2.75, 3.05) is 6.54 Å². The van der Waals surface area contributed by atoms with Crippen LogP contribution in [0.2, 0.25) is 0 Å². The number of carboxylic acids is 1. The van der Waals surface area contributed by atoms with E-state index in [4.69, 9.17) is 9.15 Å². The van der Waals surface area contributed by atoms with E-state index in [0.29, 0.717) is 24.8 Å². The number of aliphatic carboxylic acids is 1. The van der Waals surface area contributed by atoms with Crippen LogP contribution in [0.15, 0.2) is 34.0 Å². The number of carbonyl (C=O) groups is 4. The van der Waals surface area contributed by atoms with Crippen molar-refractivity contribution in [3.63, 3.8) is 0 Å². The number of Topliss-reactive ketones (excluding diaryl/α,β-unsaturated/α-hetero) is 2. The highest BCUT2D eigenvalue weighted by Crippen LogP contribution is 2.76. The number of carbonyl (C=O) groups excluding carboxylic acids is 3. The summed E-state index contributed by atoms with van der Waals surface area (Å²) >= 11 is 0. The smallest absolute Gasteiger partial charge is 0.309 e. The van der Waals surface area contributed by atoms with Crippen LogP contribution < -0.4 is 5.32 Å². The third-order valence-corrected chi connectivity index (χ3v) is 15.5. The monoisotopic (exact) mass is 691 g/mol. The molecule has 0 aliphatic heterocycles. The van der Waals surface area contributed by atoms with Crippen LogP contribution in [0.3, 0.4) is 0 Å². The second-order valence-electron chi connectivity index (χ2n) is 19.1. The summed E-state index contributed by atoms with van der Waals surface area (Å²) in [5.74, 6) is 0.778. The van der Waals surface area contributed by atoms with Crippen molar-refractivity contribution in [3.05, 3.63) is 35.3 Å². The minimum Gasteiger partial charge on any atom is -0.481 e. The number of furan rings is 1. The number of ether oxygens (including phenoxy) is 1. The summed E-state index contributed by atoms with van der Waals surface area (Å²) in [4.78, 5) is 53.1. The van der Waals surface area contributed by atoms with Crippen molar-refractivity contribution in [2.24, 2.45) is 56.2 Å². The lowest BCUT2D eigenvalue weighted by atomic mass is 9.33. The van der Waals surface area contributed by atoms with Crippen molar-refractivity contribution in [1.82, 2.24) is 5.32 Å². The molecule has 8 nitrogen and oxygen atoms in total. The lowest BCUT2D eigenvalue weighted by molar-refractivity contribution is -0.233. The van der Waals surface area contributed by atoms with Crippen LogP contribution in [0.1, 0.15) is 132 Å². The van der Waals surface area contributed by atoms with Gasteiger partial charge in [0.25, 0.3) is 0 Å². The van der Waals surface area contributed by atoms with Gasteiger partial charge in [0.1, 0.15) is 11.9 Å². The number of rotatable bonds is 10. The minimum atomic E-state index is -1.17. The van der Waals surface area contributed by atoms with Gasteiger partial charge in [0.2, 0.25) is 0 Å². The first kappa shape index (κ1) is 37.0. The molecule has 1 aromatic heterocycles. The Labute approximate surface area is 298 Å². The first-order valence-electron chi connectivity index (χ1n) is 19.2. The van der Waals surface area contributed by atoms with Crippen LogP contribution in [-0.2, 0) is 30.5 Å². The third-order valence-electron chi connectivity index (χ3n) is 15.5. The van der Waals surface area contributed by atoms with E-state index in [0.717, 1.165) is 62.7 Å². The fraction of sp³-hybridized carbons (Fsp3) is 0.762. The van der Waals surface area contributed by atoms with Gasteiger partial charge in [-0.25, -0.2) is 0 Å². The van der Waals surface area contributed by atoms with Gasteiger partial charge in [0, 0.05) is 11.8 Å². The Kier molecular flexibility index (Phi) is 9.22. The second-order valence-corrected chi connectivity index (χ2v) is 19.1. The molecule has 0 spiro atoms. The Morgan fingerprint density at radius 3 is 2.34 bits per heavy atom. The van der Waals surface area contributed by atoms with Gasteiger partial charge in [-0.2, -0.15) is 0 Å². The first-order valence-corrected chi connectivity index (χ1v) is 19.2. The molecule has 5 aliphatic carbocycles. The zero-order chi connectivity index (χ0) is 36.7. The lowest BCUT2D eigenvalue weighted by Gasteiger charge is -2.72. The van der Waals surface area contributed by atoms with E-state index in [1.165, 1.54) is 5.57 Å². The molecule has 2 N–H and O–H groups in total. The Balaban J connectivity index is 1.27. The molecular formula is C42H61NO7. The number of hydrogen-bond acceptors (Lipinski definition) is 7. The van der Waals surface area contributed by atoms with E-state index in [1.807, 2.05) is 12.1 Å². The highest BCUT2D eigenvalue weighted by molar-refractivity contribution is 6.07. The van der Waals surface area contributed by atoms with Crippen LogP contribution in [0.4, 0.5) is 0 Å². The Hall–Kier alpha value is -2.74. The molecule has 0 saturated heterocycles. The molecule has 1 aromatic rings. The standard InChI is InChI=1S/C42H61NO7/c1-25(2)34-28(44)21-42(31(45)24-43-23-26-11-10-20-49-26)19-18-40(8)27(35(34)42)12-13-30-39(7)16-15-32(50-33(46)22-37(3,4)36(47)48)38(5,6)29(39)14-17-41(30,40)9/h10-11,20,25,27,29-30,32,43H,12-19,21-24H2,1-9H3,(H,47,48)/t27-,29+,30?,32+,39+,40-,41-,42+/m1/s1. The van der Waals surface area contributed by atoms with E-state index in [1.54, 1.807) is 20.1 Å². The van der Waals surface area contributed by atoms with Gasteiger partial charge >= 0.3 is 11.9 Å². The van der Waals surface area contributed by atoms with Crippen LogP contribution in [0, 0.1) is 56.2 Å². The summed E-state index contributed by atoms with van der Waals surface area (Å²) in [6.45, 7) is 20.1. The number of fused-ring (bicyclic) bond motifs is 7. The third kappa shape index (κ3) is 5.47. The molecule has 8 atom stereocenters. The van der Waals surface area contributed by atoms with Crippen molar-refractivity contribution < 1.29 is 33.4 Å². The number of ketones is 2. The largest absolute Gasteiger partial charge is 0.481 e. The quantitative estimate of drug-likeness (QED) is 0.235. The summed E-state index contributed by atoms with van der Waals surface area (Å²) in [6, 6.07) is 3.75. The SMILES string of the molecule is CC(C)C1=C2[C@H]3CCC4[C@@]5(C)CC[C@H](OC(=O)CC(C)(C)C(=O)O)C(C)(C)[C@@H]5CC[C@@]4(C)[C@]3(C)CC[C@@]2(C(=O)CNCc2ccco2)CC1=O. The maximum Gasteiger partial charge on any atom is 0.309 e. The zero-order valence-electron chi connectivity index (χ0n) is 32.0. The molecule has 4 saturated carbocycles. The summed E-state index contributed by atoms with van der Waals surface area (Å²) < 4.78 is 11.6. The molecular weight excluding hydrogens is 630 g/mol.